The number of rotatable bonds is 4. The predicted molar refractivity (Wildman–Crippen MR) is 60.2 cm³/mol. The van der Waals surface area contributed by atoms with Crippen molar-refractivity contribution in [1.29, 1.82) is 0 Å². The van der Waals surface area contributed by atoms with Crippen molar-refractivity contribution >= 4 is 12.4 Å². The summed E-state index contributed by atoms with van der Waals surface area (Å²) in [7, 11) is 0. The molecule has 90 valence electrons. The summed E-state index contributed by atoms with van der Waals surface area (Å²) >= 11 is 0. The van der Waals surface area contributed by atoms with Gasteiger partial charge in [0.05, 0.1) is 6.61 Å². The van der Waals surface area contributed by atoms with Gasteiger partial charge >= 0.3 is 58.4 Å². The Morgan fingerprint density at radius 1 is 1.24 bits per heavy atom. The van der Waals surface area contributed by atoms with Gasteiger partial charge in [0.15, 0.2) is 0 Å². The van der Waals surface area contributed by atoms with Gasteiger partial charge in [0.2, 0.25) is 0 Å². The molecular weight excluding hydrogens is 255 g/mol. The van der Waals surface area contributed by atoms with E-state index in [-0.39, 0.29) is 51.4 Å². The quantitative estimate of drug-likeness (QED) is 0.705. The van der Waals surface area contributed by atoms with E-state index < -0.39 is 12.4 Å². The van der Waals surface area contributed by atoms with Crippen molar-refractivity contribution in [3.8, 4) is 5.75 Å². The zero-order valence-electron chi connectivity index (χ0n) is 10.6. The fraction of sp³-hybridized carbons (Fsp3) is 0.455. The van der Waals surface area contributed by atoms with Crippen LogP contribution in [0.15, 0.2) is 18.2 Å². The first-order valence-electron chi connectivity index (χ1n) is 5.24. The molecule has 1 rings (SSSR count). The first kappa shape index (κ1) is 17.5. The molecule has 17 heavy (non-hydrogen) atoms. The molecule has 0 bridgehead atoms. The fourth-order valence-electron chi connectivity index (χ4n) is 1.29. The van der Waals surface area contributed by atoms with Gasteiger partial charge in [-0.3, -0.25) is 0 Å². The first-order chi connectivity index (χ1) is 7.30. The molecule has 1 aromatic rings. The average molecular weight is 270 g/mol. The third-order valence-electron chi connectivity index (χ3n) is 2.15. The van der Waals surface area contributed by atoms with E-state index in [0.29, 0.717) is 23.8 Å². The van der Waals surface area contributed by atoms with Gasteiger partial charge in [-0.25, -0.2) is 0 Å². The number of ether oxygens (including phenoxy) is 1. The summed E-state index contributed by atoms with van der Waals surface area (Å²) in [5.74, 6) is 0.878. The molecule has 0 atom stereocenters. The SMILES string of the molecule is Cc1cc([B-](F)(F)F)ccc1OCC(C)C.[K+]. The molecule has 0 aromatic heterocycles. The van der Waals surface area contributed by atoms with Gasteiger partial charge in [0, 0.05) is 0 Å². The van der Waals surface area contributed by atoms with E-state index in [2.05, 4.69) is 0 Å². The van der Waals surface area contributed by atoms with Crippen LogP contribution >= 0.6 is 0 Å². The monoisotopic (exact) mass is 270 g/mol. The van der Waals surface area contributed by atoms with Crippen LogP contribution in [0.4, 0.5) is 12.9 Å². The Morgan fingerprint density at radius 2 is 1.82 bits per heavy atom. The second kappa shape index (κ2) is 7.19. The van der Waals surface area contributed by atoms with Crippen molar-refractivity contribution in [2.24, 2.45) is 5.92 Å². The summed E-state index contributed by atoms with van der Waals surface area (Å²) < 4.78 is 42.7. The van der Waals surface area contributed by atoms with Crippen LogP contribution < -0.4 is 61.6 Å². The molecule has 0 N–H and O–H groups in total. The van der Waals surface area contributed by atoms with Crippen LogP contribution in [0.2, 0.25) is 0 Å². The van der Waals surface area contributed by atoms with E-state index in [1.807, 2.05) is 13.8 Å². The average Bonchev–Trinajstić information content (AvgIpc) is 2.14. The van der Waals surface area contributed by atoms with Crippen molar-refractivity contribution in [2.45, 2.75) is 20.8 Å². The molecule has 0 radical (unpaired) electrons. The second-order valence-corrected chi connectivity index (χ2v) is 4.30. The van der Waals surface area contributed by atoms with Gasteiger partial charge in [-0.2, -0.15) is 0 Å². The van der Waals surface area contributed by atoms with E-state index in [1.54, 1.807) is 6.92 Å². The number of benzene rings is 1. The van der Waals surface area contributed by atoms with Crippen LogP contribution in [-0.4, -0.2) is 13.6 Å². The van der Waals surface area contributed by atoms with E-state index >= 15 is 0 Å². The molecule has 0 unspecified atom stereocenters. The first-order valence-corrected chi connectivity index (χ1v) is 5.24. The Hall–Kier alpha value is 0.511. The minimum atomic E-state index is -4.92. The van der Waals surface area contributed by atoms with Gasteiger partial charge in [0.25, 0.3) is 0 Å². The maximum atomic E-state index is 12.4. The molecule has 0 aliphatic carbocycles. The van der Waals surface area contributed by atoms with Crippen LogP contribution in [0.5, 0.6) is 5.75 Å². The molecule has 0 saturated heterocycles. The van der Waals surface area contributed by atoms with E-state index in [0.717, 1.165) is 12.1 Å². The number of hydrogen-bond acceptors (Lipinski definition) is 1. The predicted octanol–water partition coefficient (Wildman–Crippen LogP) is 0.0882. The third kappa shape index (κ3) is 5.79. The summed E-state index contributed by atoms with van der Waals surface area (Å²) in [6.45, 7) is 1.20. The van der Waals surface area contributed by atoms with Gasteiger partial charge in [-0.15, -0.1) is 5.46 Å². The number of halogens is 3. The maximum Gasteiger partial charge on any atom is 1.00 e. The molecule has 0 heterocycles. The standard InChI is InChI=1S/C11H15BF3O.K/c1-8(2)7-16-11-5-4-10(6-9(11)3)12(13,14)15;/h4-6,8H,7H2,1-3H3;/q-1;+1. The Balaban J connectivity index is 0.00000256. The summed E-state index contributed by atoms with van der Waals surface area (Å²) in [6.07, 6.45) is 0. The van der Waals surface area contributed by atoms with Crippen molar-refractivity contribution in [3.05, 3.63) is 23.8 Å². The zero-order chi connectivity index (χ0) is 12.3. The largest absolute Gasteiger partial charge is 1.00 e. The van der Waals surface area contributed by atoms with Gasteiger partial charge < -0.3 is 17.7 Å². The van der Waals surface area contributed by atoms with Crippen molar-refractivity contribution in [1.82, 2.24) is 0 Å². The smallest absolute Gasteiger partial charge is 0.493 e. The topological polar surface area (TPSA) is 9.23 Å². The van der Waals surface area contributed by atoms with Gasteiger partial charge in [-0.05, 0) is 24.5 Å². The summed E-state index contributed by atoms with van der Waals surface area (Å²) in [5.41, 5.74) is -0.0493. The number of aryl methyl sites for hydroxylation is 1. The molecule has 6 heteroatoms. The minimum Gasteiger partial charge on any atom is -0.493 e. The molecule has 1 nitrogen and oxygen atoms in total. The maximum absolute atomic E-state index is 12.4. The Morgan fingerprint density at radius 3 is 2.24 bits per heavy atom. The zero-order valence-corrected chi connectivity index (χ0v) is 13.8. The molecule has 0 saturated carbocycles. The second-order valence-electron chi connectivity index (χ2n) is 4.30. The molecule has 0 aliphatic rings. The Labute approximate surface area is 143 Å². The van der Waals surface area contributed by atoms with Crippen LogP contribution in [-0.2, 0) is 0 Å². The van der Waals surface area contributed by atoms with Crippen LogP contribution in [0, 0.1) is 12.8 Å². The van der Waals surface area contributed by atoms with E-state index in [9.17, 15) is 12.9 Å². The van der Waals surface area contributed by atoms with Crippen molar-refractivity contribution in [2.75, 3.05) is 6.61 Å². The van der Waals surface area contributed by atoms with Crippen LogP contribution in [0.1, 0.15) is 19.4 Å². The molecule has 0 amide bonds. The normalized spacial score (nSPS) is 11.2. The van der Waals surface area contributed by atoms with E-state index in [4.69, 9.17) is 4.74 Å². The molecule has 0 fully saturated rings. The van der Waals surface area contributed by atoms with Gasteiger partial charge in [-0.1, -0.05) is 26.0 Å². The molecule has 0 spiro atoms. The van der Waals surface area contributed by atoms with Gasteiger partial charge in [0.1, 0.15) is 5.75 Å². The summed E-state index contributed by atoms with van der Waals surface area (Å²) in [5, 5.41) is 0. The summed E-state index contributed by atoms with van der Waals surface area (Å²) in [6, 6.07) is 3.60. The molecule has 1 aromatic carbocycles. The molecular formula is C11H15BF3KO. The van der Waals surface area contributed by atoms with E-state index in [1.165, 1.54) is 6.07 Å². The van der Waals surface area contributed by atoms with Crippen LogP contribution in [0.3, 0.4) is 0 Å². The van der Waals surface area contributed by atoms with Crippen molar-refractivity contribution in [3.63, 3.8) is 0 Å². The Bertz CT molecular complexity index is 366. The molecule has 0 aliphatic heterocycles. The van der Waals surface area contributed by atoms with Crippen molar-refractivity contribution < 1.29 is 69.1 Å². The Kier molecular flexibility index (Phi) is 7.40. The minimum absolute atomic E-state index is 0. The summed E-state index contributed by atoms with van der Waals surface area (Å²) in [4.78, 5) is 0. The fourth-order valence-corrected chi connectivity index (χ4v) is 1.29. The van der Waals surface area contributed by atoms with Crippen LogP contribution in [0.25, 0.3) is 0 Å². The third-order valence-corrected chi connectivity index (χ3v) is 2.15. The number of hydrogen-bond donors (Lipinski definition) is 0.